The Morgan fingerprint density at radius 2 is 0.329 bits per heavy atom. The molecule has 458 valence electrons. The molecule has 0 saturated carbocycles. The van der Waals surface area contributed by atoms with E-state index < -0.39 is 144 Å². The van der Waals surface area contributed by atoms with Gasteiger partial charge in [0, 0.05) is 5.92 Å². The first kappa shape index (κ1) is 74.8. The van der Waals surface area contributed by atoms with E-state index in [1.54, 1.807) is 6.92 Å². The fourth-order valence-corrected chi connectivity index (χ4v) is 5.59. The Morgan fingerprint density at radius 3 is 0.474 bits per heavy atom. The molecule has 0 saturated heterocycles. The molecule has 0 heterocycles. The molecule has 0 spiro atoms. The minimum atomic E-state index is -1.18. The van der Waals surface area contributed by atoms with Crippen molar-refractivity contribution in [2.45, 2.75) is 92.4 Å². The van der Waals surface area contributed by atoms with Gasteiger partial charge in [-0.05, 0) is 0 Å². The minimum absolute atomic E-state index is 0.00668. The molecule has 8 atom stereocenters. The minimum Gasteiger partial charge on any atom is -0.394 e. The molecule has 0 aliphatic carbocycles. The summed E-state index contributed by atoms with van der Waals surface area (Å²) in [6, 6.07) is 0. The molecular weight excluding hydrogens is 1030 g/mol. The van der Waals surface area contributed by atoms with Crippen LogP contribution in [0.25, 0.3) is 0 Å². The van der Waals surface area contributed by atoms with Gasteiger partial charge in [-0.2, -0.15) is 0 Å². The van der Waals surface area contributed by atoms with Crippen molar-refractivity contribution in [2.75, 3.05) is 198 Å². The lowest BCUT2D eigenvalue weighted by Gasteiger charge is -2.28. The summed E-state index contributed by atoms with van der Waals surface area (Å²) in [5.41, 5.74) is 0. The monoisotopic (exact) mass is 1130 g/mol. The van der Waals surface area contributed by atoms with Crippen molar-refractivity contribution in [3.63, 3.8) is 0 Å². The van der Waals surface area contributed by atoms with E-state index in [2.05, 4.69) is 0 Å². The molecule has 16 N–H and O–H groups in total. The highest BCUT2D eigenvalue weighted by atomic mass is 16.6. The maximum absolute atomic E-state index is 9.81. The van der Waals surface area contributed by atoms with Gasteiger partial charge in [0.05, 0.1) is 198 Å². The van der Waals surface area contributed by atoms with E-state index in [0.29, 0.717) is 0 Å². The largest absolute Gasteiger partial charge is 0.394 e. The lowest BCUT2D eigenvalue weighted by Crippen LogP contribution is -2.38. The number of hydrogen-bond donors (Lipinski definition) is 16. The van der Waals surface area contributed by atoms with E-state index in [9.17, 15) is 81.7 Å². The third-order valence-electron chi connectivity index (χ3n) is 9.90. The zero-order chi connectivity index (χ0) is 56.8. The zero-order valence-corrected chi connectivity index (χ0v) is 43.7. The SMILES string of the molecule is CC(COC(COC(COCC(O)CO)COCC(O)CO)COC(COCC(O)CO)COCC(O)CO)COC(COC(COCC(O)CO)COCC(O)CO)COC(COCC(O)CO)COCC(O)CO. The third kappa shape index (κ3) is 43.6. The number of ether oxygens (including phenoxy) is 14. The normalized spacial score (nSPS) is 18.3. The van der Waals surface area contributed by atoms with Gasteiger partial charge in [-0.15, -0.1) is 0 Å². The lowest BCUT2D eigenvalue weighted by molar-refractivity contribution is -0.151. The van der Waals surface area contributed by atoms with Crippen molar-refractivity contribution in [1.29, 1.82) is 0 Å². The molecule has 30 heteroatoms. The lowest BCUT2D eigenvalue weighted by atomic mass is 10.2. The maximum Gasteiger partial charge on any atom is 0.104 e. The molecule has 0 aromatic carbocycles. The zero-order valence-electron chi connectivity index (χ0n) is 43.7. The Labute approximate surface area is 443 Å². The standard InChI is InChI=1S/C46H94O30/c1-32(10-71-45(28-73-41(20-63-12-33(55)2-47)21-64-13-34(56)3-48)29-74-42(22-65-14-35(57)4-49)23-66-15-36(58)5-50)11-72-46(30-75-43(24-67-16-37(59)6-51)25-68-17-38(60)7-52)31-76-44(26-69-18-39(61)8-53)27-70-19-40(62)9-54/h32-62H,2-31H2,1H3. The molecule has 0 rings (SSSR count). The quantitative estimate of drug-likeness (QED) is 0.0269. The van der Waals surface area contributed by atoms with Crippen LogP contribution in [-0.2, 0) is 66.3 Å². The van der Waals surface area contributed by atoms with Crippen molar-refractivity contribution >= 4 is 0 Å². The van der Waals surface area contributed by atoms with Crippen LogP contribution in [0.1, 0.15) is 6.92 Å². The summed E-state index contributed by atoms with van der Waals surface area (Å²) in [6.07, 6.45) is -14.6. The van der Waals surface area contributed by atoms with Gasteiger partial charge in [-0.1, -0.05) is 6.92 Å². The van der Waals surface area contributed by atoms with Gasteiger partial charge in [0.15, 0.2) is 0 Å². The van der Waals surface area contributed by atoms with E-state index in [1.165, 1.54) is 0 Å². The van der Waals surface area contributed by atoms with Crippen LogP contribution >= 0.6 is 0 Å². The molecule has 30 nitrogen and oxygen atoms in total. The van der Waals surface area contributed by atoms with Crippen molar-refractivity contribution in [3.8, 4) is 0 Å². The molecule has 0 aliphatic heterocycles. The number of hydrogen-bond acceptors (Lipinski definition) is 30. The highest BCUT2D eigenvalue weighted by molar-refractivity contribution is 4.70. The average Bonchev–Trinajstić information content (AvgIpc) is 3.42. The molecule has 76 heavy (non-hydrogen) atoms. The van der Waals surface area contributed by atoms with Crippen molar-refractivity contribution in [3.05, 3.63) is 0 Å². The van der Waals surface area contributed by atoms with Crippen molar-refractivity contribution in [2.24, 2.45) is 5.92 Å². The summed E-state index contributed by atoms with van der Waals surface area (Å²) >= 11 is 0. The van der Waals surface area contributed by atoms with E-state index in [4.69, 9.17) is 66.3 Å². The molecule has 0 bridgehead atoms. The second-order valence-electron chi connectivity index (χ2n) is 17.8. The highest BCUT2D eigenvalue weighted by Gasteiger charge is 2.24. The first-order chi connectivity index (χ1) is 36.5. The second kappa shape index (κ2) is 50.7. The van der Waals surface area contributed by atoms with Crippen LogP contribution in [-0.4, -0.2) is 365 Å². The highest BCUT2D eigenvalue weighted by Crippen LogP contribution is 2.12. The van der Waals surface area contributed by atoms with Crippen LogP contribution in [0.3, 0.4) is 0 Å². The Bertz CT molecular complexity index is 994. The number of rotatable bonds is 58. The van der Waals surface area contributed by atoms with Crippen LogP contribution in [0, 0.1) is 5.92 Å². The van der Waals surface area contributed by atoms with Gasteiger partial charge in [-0.25, -0.2) is 0 Å². The molecule has 0 aliphatic rings. The predicted octanol–water partition coefficient (Wildman–Crippen LogP) is -9.11. The van der Waals surface area contributed by atoms with Crippen LogP contribution in [0.5, 0.6) is 0 Å². The Hall–Kier alpha value is -1.20. The Morgan fingerprint density at radius 1 is 0.197 bits per heavy atom. The van der Waals surface area contributed by atoms with E-state index in [-0.39, 0.29) is 145 Å². The van der Waals surface area contributed by atoms with Crippen molar-refractivity contribution in [1.82, 2.24) is 0 Å². The van der Waals surface area contributed by atoms with Crippen LogP contribution in [0.15, 0.2) is 0 Å². The molecule has 0 aromatic rings. The second-order valence-corrected chi connectivity index (χ2v) is 17.8. The predicted molar refractivity (Wildman–Crippen MR) is 259 cm³/mol. The molecular formula is C46H94O30. The number of aliphatic hydroxyl groups is 16. The van der Waals surface area contributed by atoms with Gasteiger partial charge in [0.25, 0.3) is 0 Å². The van der Waals surface area contributed by atoms with Gasteiger partial charge in [0.1, 0.15) is 85.5 Å². The molecule has 8 unspecified atom stereocenters. The van der Waals surface area contributed by atoms with E-state index in [1.807, 2.05) is 0 Å². The van der Waals surface area contributed by atoms with Crippen LogP contribution < -0.4 is 0 Å². The molecule has 0 fully saturated rings. The molecule has 0 amide bonds. The summed E-state index contributed by atoms with van der Waals surface area (Å²) in [5, 5.41) is 152. The molecule has 0 aromatic heterocycles. The third-order valence-corrected chi connectivity index (χ3v) is 9.90. The summed E-state index contributed by atoms with van der Waals surface area (Å²) in [7, 11) is 0. The summed E-state index contributed by atoms with van der Waals surface area (Å²) < 4.78 is 81.2. The first-order valence-corrected chi connectivity index (χ1v) is 25.2. The van der Waals surface area contributed by atoms with Gasteiger partial charge in [0.2, 0.25) is 0 Å². The summed E-state index contributed by atoms with van der Waals surface area (Å²) in [4.78, 5) is 0. The van der Waals surface area contributed by atoms with E-state index in [0.717, 1.165) is 0 Å². The Balaban J connectivity index is 6.53. The summed E-state index contributed by atoms with van der Waals surface area (Å²) in [6.45, 7) is -6.65. The fourth-order valence-electron chi connectivity index (χ4n) is 5.59. The maximum atomic E-state index is 9.81. The molecule has 0 radical (unpaired) electrons. The van der Waals surface area contributed by atoms with Gasteiger partial charge >= 0.3 is 0 Å². The Kier molecular flexibility index (Phi) is 49.9. The summed E-state index contributed by atoms with van der Waals surface area (Å²) in [5.74, 6) is -0.403. The smallest absolute Gasteiger partial charge is 0.104 e. The van der Waals surface area contributed by atoms with Crippen molar-refractivity contribution < 1.29 is 148 Å². The van der Waals surface area contributed by atoms with Gasteiger partial charge < -0.3 is 148 Å². The van der Waals surface area contributed by atoms with Crippen LogP contribution in [0.2, 0.25) is 0 Å². The first-order valence-electron chi connectivity index (χ1n) is 25.2. The topological polar surface area (TPSA) is 453 Å². The van der Waals surface area contributed by atoms with E-state index >= 15 is 0 Å². The number of aliphatic hydroxyl groups excluding tert-OH is 16. The fraction of sp³-hybridized carbons (Fsp3) is 1.00. The van der Waals surface area contributed by atoms with Gasteiger partial charge in [-0.3, -0.25) is 0 Å². The van der Waals surface area contributed by atoms with Crippen LogP contribution in [0.4, 0.5) is 0 Å². The average molecular weight is 1130 g/mol.